The van der Waals surface area contributed by atoms with E-state index < -0.39 is 12.1 Å². The number of amides is 1. The normalized spacial score (nSPS) is 11.6. The van der Waals surface area contributed by atoms with E-state index in [4.69, 9.17) is 4.74 Å². The number of carbonyl (C=O) groups excluding carboxylic acids is 2. The van der Waals surface area contributed by atoms with Crippen molar-refractivity contribution in [2.45, 2.75) is 26.4 Å². The highest BCUT2D eigenvalue weighted by Crippen LogP contribution is 1.95. The number of alkyl carbamates (subject to hydrolysis) is 1. The summed E-state index contributed by atoms with van der Waals surface area (Å²) in [5.74, 6) is -0.499. The summed E-state index contributed by atoms with van der Waals surface area (Å²) in [4.78, 5) is 21.5. The van der Waals surface area contributed by atoms with Crippen LogP contribution in [0.2, 0.25) is 0 Å². The van der Waals surface area contributed by atoms with Crippen LogP contribution in [0.15, 0.2) is 0 Å². The Bertz CT molecular complexity index is 181. The average Bonchev–Trinajstić information content (AvgIpc) is 2.13. The van der Waals surface area contributed by atoms with Crippen LogP contribution in [-0.4, -0.2) is 31.8 Å². The Morgan fingerprint density at radius 3 is 2.54 bits per heavy atom. The quantitative estimate of drug-likeness (QED) is 0.660. The largest absolute Gasteiger partial charge is 0.468 e. The fourth-order valence-electron chi connectivity index (χ4n) is 0.524. The molecule has 0 aromatic heterocycles. The Balaban J connectivity index is 3.57. The summed E-state index contributed by atoms with van der Waals surface area (Å²) in [5.41, 5.74) is 0. The molecule has 0 saturated heterocycles. The Morgan fingerprint density at radius 2 is 2.08 bits per heavy atom. The number of carbonyl (C=O) groups is 2. The molecule has 0 aliphatic carbocycles. The van der Waals surface area contributed by atoms with Crippen molar-refractivity contribution < 1.29 is 19.1 Å². The molecule has 0 aromatic rings. The summed E-state index contributed by atoms with van der Waals surface area (Å²) >= 11 is 0. The van der Waals surface area contributed by atoms with Crippen LogP contribution >= 0.6 is 0 Å². The molecule has 13 heavy (non-hydrogen) atoms. The molecule has 0 aliphatic rings. The van der Waals surface area contributed by atoms with Gasteiger partial charge in [0.2, 0.25) is 0 Å². The zero-order valence-corrected chi connectivity index (χ0v) is 8.12. The molecular formula is C8H15NO4. The number of hydrogen-bond donors (Lipinski definition) is 1. The van der Waals surface area contributed by atoms with Gasteiger partial charge in [-0.25, -0.2) is 4.79 Å². The Morgan fingerprint density at radius 1 is 1.46 bits per heavy atom. The second-order valence-corrected chi connectivity index (χ2v) is 2.55. The highest BCUT2D eigenvalue weighted by atomic mass is 16.6. The van der Waals surface area contributed by atoms with Gasteiger partial charge in [-0.15, -0.1) is 0 Å². The average molecular weight is 189 g/mol. The number of rotatable bonds is 4. The van der Waals surface area contributed by atoms with Gasteiger partial charge in [-0.05, 0) is 13.3 Å². The molecule has 0 saturated carbocycles. The second kappa shape index (κ2) is 6.28. The molecule has 5 heteroatoms. The number of hydrogen-bond acceptors (Lipinski definition) is 4. The van der Waals surface area contributed by atoms with E-state index in [1.165, 1.54) is 7.11 Å². The number of nitrogens with one attached hydrogen (secondary N) is 1. The van der Waals surface area contributed by atoms with Crippen molar-refractivity contribution in [3.8, 4) is 0 Å². The first-order chi connectivity index (χ1) is 6.10. The van der Waals surface area contributed by atoms with Crippen molar-refractivity contribution >= 4 is 12.1 Å². The van der Waals surface area contributed by atoms with E-state index in [0.29, 0.717) is 0 Å². The lowest BCUT2D eigenvalue weighted by Crippen LogP contribution is -2.32. The van der Waals surface area contributed by atoms with Crippen LogP contribution in [0, 0.1) is 0 Å². The number of ether oxygens (including phenoxy) is 2. The molecule has 5 nitrogen and oxygen atoms in total. The molecule has 1 atom stereocenters. The molecule has 0 fully saturated rings. The highest BCUT2D eigenvalue weighted by molar-refractivity contribution is 5.77. The van der Waals surface area contributed by atoms with Crippen LogP contribution < -0.4 is 5.32 Å². The van der Waals surface area contributed by atoms with Crippen LogP contribution in [0.1, 0.15) is 20.3 Å². The van der Waals surface area contributed by atoms with Crippen LogP contribution in [-0.2, 0) is 14.3 Å². The maximum absolute atomic E-state index is 10.9. The van der Waals surface area contributed by atoms with Crippen LogP contribution in [0.25, 0.3) is 0 Å². The maximum Gasteiger partial charge on any atom is 0.407 e. The minimum atomic E-state index is -0.597. The topological polar surface area (TPSA) is 64.6 Å². The molecule has 76 valence electrons. The first-order valence-corrected chi connectivity index (χ1v) is 4.11. The smallest absolute Gasteiger partial charge is 0.407 e. The van der Waals surface area contributed by atoms with Crippen LogP contribution in [0.3, 0.4) is 0 Å². The van der Waals surface area contributed by atoms with E-state index >= 15 is 0 Å². The molecule has 1 amide bonds. The molecule has 0 spiro atoms. The van der Waals surface area contributed by atoms with Gasteiger partial charge < -0.3 is 14.8 Å². The first-order valence-electron chi connectivity index (χ1n) is 4.11. The molecule has 0 aliphatic heterocycles. The molecule has 0 rings (SSSR count). The zero-order chi connectivity index (χ0) is 10.3. The molecule has 0 bridgehead atoms. The minimum Gasteiger partial charge on any atom is -0.468 e. The van der Waals surface area contributed by atoms with Crippen molar-refractivity contribution in [3.05, 3.63) is 0 Å². The molecule has 0 aromatic carbocycles. The van der Waals surface area contributed by atoms with Gasteiger partial charge in [0.25, 0.3) is 0 Å². The lowest BCUT2D eigenvalue weighted by atomic mass is 10.3. The summed E-state index contributed by atoms with van der Waals surface area (Å²) in [6.07, 6.45) is 0.00319. The summed E-state index contributed by atoms with van der Waals surface area (Å²) in [6, 6.07) is 0. The van der Waals surface area contributed by atoms with Gasteiger partial charge in [0.05, 0.1) is 7.11 Å². The predicted molar refractivity (Wildman–Crippen MR) is 46.3 cm³/mol. The van der Waals surface area contributed by atoms with Gasteiger partial charge in [-0.3, -0.25) is 4.79 Å². The Kier molecular flexibility index (Phi) is 5.67. The van der Waals surface area contributed by atoms with E-state index in [9.17, 15) is 9.59 Å². The summed E-state index contributed by atoms with van der Waals surface area (Å²) < 4.78 is 9.16. The standard InChI is InChI=1S/C8H15NO4/c1-4-6(2)13-8(11)9-5-7(10)12-3/h6H,4-5H2,1-3H3,(H,9,11). The third kappa shape index (κ3) is 5.95. The minimum absolute atomic E-state index is 0.141. The predicted octanol–water partition coefficient (Wildman–Crippen LogP) is 0.684. The fraction of sp³-hybridized carbons (Fsp3) is 0.750. The van der Waals surface area contributed by atoms with Gasteiger partial charge >= 0.3 is 12.1 Å². The number of esters is 1. The number of methoxy groups -OCH3 is 1. The van der Waals surface area contributed by atoms with E-state index in [-0.39, 0.29) is 12.6 Å². The lowest BCUT2D eigenvalue weighted by molar-refractivity contribution is -0.139. The first kappa shape index (κ1) is 11.7. The van der Waals surface area contributed by atoms with E-state index in [0.717, 1.165) is 6.42 Å². The SMILES string of the molecule is CCC(C)OC(=O)NCC(=O)OC. The Hall–Kier alpha value is -1.26. The molecule has 1 unspecified atom stereocenters. The summed E-state index contributed by atoms with van der Waals surface area (Å²) in [7, 11) is 1.25. The monoisotopic (exact) mass is 189 g/mol. The van der Waals surface area contributed by atoms with Crippen molar-refractivity contribution in [3.63, 3.8) is 0 Å². The van der Waals surface area contributed by atoms with Crippen molar-refractivity contribution in [2.24, 2.45) is 0 Å². The van der Waals surface area contributed by atoms with Gasteiger partial charge in [-0.2, -0.15) is 0 Å². The lowest BCUT2D eigenvalue weighted by Gasteiger charge is -2.10. The van der Waals surface area contributed by atoms with Crippen molar-refractivity contribution in [2.75, 3.05) is 13.7 Å². The van der Waals surface area contributed by atoms with E-state index in [1.807, 2.05) is 6.92 Å². The molecule has 1 N–H and O–H groups in total. The van der Waals surface area contributed by atoms with Gasteiger partial charge in [-0.1, -0.05) is 6.92 Å². The maximum atomic E-state index is 10.9. The summed E-state index contributed by atoms with van der Waals surface area (Å²) in [6.45, 7) is 3.52. The fourth-order valence-corrected chi connectivity index (χ4v) is 0.524. The van der Waals surface area contributed by atoms with Crippen molar-refractivity contribution in [1.29, 1.82) is 0 Å². The third-order valence-electron chi connectivity index (χ3n) is 1.49. The summed E-state index contributed by atoms with van der Waals surface area (Å²) in [5, 5.41) is 2.26. The van der Waals surface area contributed by atoms with Crippen LogP contribution in [0.5, 0.6) is 0 Å². The van der Waals surface area contributed by atoms with Gasteiger partial charge in [0.15, 0.2) is 0 Å². The van der Waals surface area contributed by atoms with Crippen LogP contribution in [0.4, 0.5) is 4.79 Å². The van der Waals surface area contributed by atoms with Crippen molar-refractivity contribution in [1.82, 2.24) is 5.32 Å². The molecule has 0 heterocycles. The van der Waals surface area contributed by atoms with Gasteiger partial charge in [0, 0.05) is 0 Å². The zero-order valence-electron chi connectivity index (χ0n) is 8.12. The molecule has 0 radical (unpaired) electrons. The van der Waals surface area contributed by atoms with Gasteiger partial charge in [0.1, 0.15) is 12.6 Å². The van der Waals surface area contributed by atoms with E-state index in [2.05, 4.69) is 10.1 Å². The highest BCUT2D eigenvalue weighted by Gasteiger charge is 2.08. The Labute approximate surface area is 77.4 Å². The third-order valence-corrected chi connectivity index (χ3v) is 1.49. The van der Waals surface area contributed by atoms with E-state index in [1.54, 1.807) is 6.92 Å². The molecular weight excluding hydrogens is 174 g/mol. The second-order valence-electron chi connectivity index (χ2n) is 2.55.